The maximum Gasteiger partial charge on any atom is 0.325 e. The molecule has 1 rings (SSSR count). The van der Waals surface area contributed by atoms with Crippen LogP contribution in [0.25, 0.3) is 0 Å². The number of ether oxygens (including phenoxy) is 1. The Balaban J connectivity index is 2.90. The SMILES string of the molecule is CCC(CC)CN(CC(=O)OC)C(=O)c1ccc(N)cn1. The zero-order chi connectivity index (χ0) is 15.8. The van der Waals surface area contributed by atoms with Crippen molar-refractivity contribution in [1.82, 2.24) is 9.88 Å². The molecule has 0 aromatic carbocycles. The average molecular weight is 293 g/mol. The van der Waals surface area contributed by atoms with E-state index < -0.39 is 5.97 Å². The predicted molar refractivity (Wildman–Crippen MR) is 80.6 cm³/mol. The largest absolute Gasteiger partial charge is 0.468 e. The summed E-state index contributed by atoms with van der Waals surface area (Å²) in [5.41, 5.74) is 6.34. The summed E-state index contributed by atoms with van der Waals surface area (Å²) in [6.07, 6.45) is 3.31. The monoisotopic (exact) mass is 293 g/mol. The minimum atomic E-state index is -0.440. The number of pyridine rings is 1. The van der Waals surface area contributed by atoms with Crippen LogP contribution in [0.5, 0.6) is 0 Å². The second-order valence-electron chi connectivity index (χ2n) is 4.92. The van der Waals surface area contributed by atoms with Crippen LogP contribution >= 0.6 is 0 Å². The fraction of sp³-hybridized carbons (Fsp3) is 0.533. The van der Waals surface area contributed by atoms with Crippen molar-refractivity contribution < 1.29 is 14.3 Å². The summed E-state index contributed by atoms with van der Waals surface area (Å²) in [5.74, 6) is -0.385. The Kier molecular flexibility index (Phi) is 6.65. The lowest BCUT2D eigenvalue weighted by atomic mass is 10.0. The van der Waals surface area contributed by atoms with Gasteiger partial charge in [-0.1, -0.05) is 26.7 Å². The number of carbonyl (C=O) groups is 2. The van der Waals surface area contributed by atoms with Crippen molar-refractivity contribution in [3.05, 3.63) is 24.0 Å². The highest BCUT2D eigenvalue weighted by Gasteiger charge is 2.22. The second-order valence-corrected chi connectivity index (χ2v) is 4.92. The van der Waals surface area contributed by atoms with E-state index in [2.05, 4.69) is 23.6 Å². The molecular formula is C15H23N3O3. The molecule has 21 heavy (non-hydrogen) atoms. The number of esters is 1. The van der Waals surface area contributed by atoms with E-state index >= 15 is 0 Å². The summed E-state index contributed by atoms with van der Waals surface area (Å²) in [6, 6.07) is 3.18. The van der Waals surface area contributed by atoms with E-state index in [9.17, 15) is 9.59 Å². The van der Waals surface area contributed by atoms with E-state index in [-0.39, 0.29) is 18.1 Å². The number of aromatic nitrogens is 1. The number of nitrogens with two attached hydrogens (primary N) is 1. The van der Waals surface area contributed by atoms with Crippen molar-refractivity contribution in [2.24, 2.45) is 5.92 Å². The summed E-state index contributed by atoms with van der Waals surface area (Å²) in [7, 11) is 1.31. The third kappa shape index (κ3) is 5.06. The molecule has 0 aliphatic heterocycles. The van der Waals surface area contributed by atoms with Crippen molar-refractivity contribution >= 4 is 17.6 Å². The molecule has 2 N–H and O–H groups in total. The molecule has 0 saturated carbocycles. The standard InChI is InChI=1S/C15H23N3O3/c1-4-11(5-2)9-18(10-14(19)21-3)15(20)13-7-6-12(16)8-17-13/h6-8,11H,4-5,9-10,16H2,1-3H3. The third-order valence-corrected chi connectivity index (χ3v) is 3.47. The normalized spacial score (nSPS) is 10.5. The highest BCUT2D eigenvalue weighted by molar-refractivity contribution is 5.94. The van der Waals surface area contributed by atoms with Gasteiger partial charge in [-0.15, -0.1) is 0 Å². The van der Waals surface area contributed by atoms with Gasteiger partial charge in [0.15, 0.2) is 0 Å². The maximum absolute atomic E-state index is 12.5. The van der Waals surface area contributed by atoms with Crippen LogP contribution in [0.2, 0.25) is 0 Å². The Morgan fingerprint density at radius 3 is 2.48 bits per heavy atom. The molecule has 1 amide bonds. The summed E-state index contributed by atoms with van der Waals surface area (Å²) < 4.78 is 4.66. The van der Waals surface area contributed by atoms with Gasteiger partial charge in [0.1, 0.15) is 12.2 Å². The summed E-state index contributed by atoms with van der Waals surface area (Å²) in [4.78, 5) is 29.5. The molecule has 0 spiro atoms. The summed E-state index contributed by atoms with van der Waals surface area (Å²) in [6.45, 7) is 4.57. The molecule has 0 saturated heterocycles. The number of hydrogen-bond acceptors (Lipinski definition) is 5. The van der Waals surface area contributed by atoms with E-state index in [1.54, 1.807) is 12.1 Å². The number of rotatable bonds is 7. The van der Waals surface area contributed by atoms with E-state index in [1.807, 2.05) is 0 Å². The van der Waals surface area contributed by atoms with Gasteiger partial charge in [-0.2, -0.15) is 0 Å². The molecule has 0 bridgehead atoms. The molecule has 1 heterocycles. The van der Waals surface area contributed by atoms with Crippen molar-refractivity contribution in [2.75, 3.05) is 25.9 Å². The van der Waals surface area contributed by atoms with Gasteiger partial charge in [-0.3, -0.25) is 9.59 Å². The molecule has 116 valence electrons. The number of hydrogen-bond donors (Lipinski definition) is 1. The molecule has 0 aliphatic rings. The van der Waals surface area contributed by atoms with E-state index in [1.165, 1.54) is 18.2 Å². The van der Waals surface area contributed by atoms with Crippen LogP contribution in [0.4, 0.5) is 5.69 Å². The second kappa shape index (κ2) is 8.24. The molecule has 6 heteroatoms. The zero-order valence-electron chi connectivity index (χ0n) is 12.8. The molecule has 0 unspecified atom stereocenters. The van der Waals surface area contributed by atoms with Gasteiger partial charge >= 0.3 is 5.97 Å². The Bertz CT molecular complexity index is 470. The first kappa shape index (κ1) is 16.9. The quantitative estimate of drug-likeness (QED) is 0.774. The molecule has 0 atom stereocenters. The fourth-order valence-electron chi connectivity index (χ4n) is 1.99. The molecule has 6 nitrogen and oxygen atoms in total. The Labute approximate surface area is 125 Å². The first-order valence-electron chi connectivity index (χ1n) is 7.09. The maximum atomic E-state index is 12.5. The highest BCUT2D eigenvalue weighted by Crippen LogP contribution is 2.13. The number of anilines is 1. The van der Waals surface area contributed by atoms with Crippen LogP contribution in [0, 0.1) is 5.92 Å². The molecule has 0 fully saturated rings. The van der Waals surface area contributed by atoms with Crippen molar-refractivity contribution in [3.63, 3.8) is 0 Å². The van der Waals surface area contributed by atoms with Gasteiger partial charge in [-0.25, -0.2) is 4.98 Å². The van der Waals surface area contributed by atoms with Crippen molar-refractivity contribution in [1.29, 1.82) is 0 Å². The zero-order valence-corrected chi connectivity index (χ0v) is 12.8. The molecule has 0 aliphatic carbocycles. The van der Waals surface area contributed by atoms with Gasteiger partial charge in [0.25, 0.3) is 5.91 Å². The molecule has 0 radical (unpaired) electrons. The lowest BCUT2D eigenvalue weighted by Crippen LogP contribution is -2.39. The summed E-state index contributed by atoms with van der Waals surface area (Å²) in [5, 5.41) is 0. The molecule has 1 aromatic heterocycles. The lowest BCUT2D eigenvalue weighted by molar-refractivity contribution is -0.141. The van der Waals surface area contributed by atoms with E-state index in [4.69, 9.17) is 5.73 Å². The van der Waals surface area contributed by atoms with Crippen LogP contribution in [-0.4, -0.2) is 42.0 Å². The fourth-order valence-corrected chi connectivity index (χ4v) is 1.99. The van der Waals surface area contributed by atoms with Crippen LogP contribution in [-0.2, 0) is 9.53 Å². The minimum absolute atomic E-state index is 0.0715. The van der Waals surface area contributed by atoms with Gasteiger partial charge < -0.3 is 15.4 Å². The Morgan fingerprint density at radius 1 is 1.33 bits per heavy atom. The first-order chi connectivity index (χ1) is 10.0. The van der Waals surface area contributed by atoms with E-state index in [0.29, 0.717) is 18.2 Å². The highest BCUT2D eigenvalue weighted by atomic mass is 16.5. The molecule has 1 aromatic rings. The lowest BCUT2D eigenvalue weighted by Gasteiger charge is -2.25. The van der Waals surface area contributed by atoms with Gasteiger partial charge in [0.05, 0.1) is 19.0 Å². The predicted octanol–water partition coefficient (Wildman–Crippen LogP) is 1.72. The van der Waals surface area contributed by atoms with Crippen LogP contribution < -0.4 is 5.73 Å². The minimum Gasteiger partial charge on any atom is -0.468 e. The van der Waals surface area contributed by atoms with Crippen LogP contribution in [0.15, 0.2) is 18.3 Å². The molecular weight excluding hydrogens is 270 g/mol. The Morgan fingerprint density at radius 2 is 2.00 bits per heavy atom. The third-order valence-electron chi connectivity index (χ3n) is 3.47. The van der Waals surface area contributed by atoms with Crippen LogP contribution in [0.1, 0.15) is 37.2 Å². The number of nitrogen functional groups attached to an aromatic ring is 1. The Hall–Kier alpha value is -2.11. The summed E-state index contributed by atoms with van der Waals surface area (Å²) >= 11 is 0. The number of carbonyl (C=O) groups excluding carboxylic acids is 2. The van der Waals surface area contributed by atoms with Crippen molar-refractivity contribution in [3.8, 4) is 0 Å². The average Bonchev–Trinajstić information content (AvgIpc) is 2.51. The topological polar surface area (TPSA) is 85.5 Å². The van der Waals surface area contributed by atoms with Gasteiger partial charge in [0, 0.05) is 6.54 Å². The van der Waals surface area contributed by atoms with E-state index in [0.717, 1.165) is 12.8 Å². The number of methoxy groups -OCH3 is 1. The number of amides is 1. The van der Waals surface area contributed by atoms with Crippen molar-refractivity contribution in [2.45, 2.75) is 26.7 Å². The van der Waals surface area contributed by atoms with Crippen LogP contribution in [0.3, 0.4) is 0 Å². The number of nitrogens with zero attached hydrogens (tertiary/aromatic N) is 2. The van der Waals surface area contributed by atoms with Gasteiger partial charge in [0.2, 0.25) is 0 Å². The smallest absolute Gasteiger partial charge is 0.325 e. The van der Waals surface area contributed by atoms with Gasteiger partial charge in [-0.05, 0) is 18.1 Å². The first-order valence-corrected chi connectivity index (χ1v) is 7.09.